The minimum Gasteiger partial charge on any atom is -0.435 e. The van der Waals surface area contributed by atoms with Gasteiger partial charge in [0.05, 0.1) is 0 Å². The molecule has 0 bridgehead atoms. The van der Waals surface area contributed by atoms with Crippen LogP contribution in [0, 0.1) is 5.41 Å². The SMILES string of the molecule is CC1(C)CC1(N)c1ccc(OC(F)F)cc1. The zero-order valence-electron chi connectivity index (χ0n) is 9.34. The molecule has 1 aliphatic rings. The first-order valence-electron chi connectivity index (χ1n) is 5.19. The van der Waals surface area contributed by atoms with Crippen molar-refractivity contribution < 1.29 is 13.5 Å². The zero-order valence-corrected chi connectivity index (χ0v) is 9.34. The summed E-state index contributed by atoms with van der Waals surface area (Å²) in [5.74, 6) is 0.167. The van der Waals surface area contributed by atoms with Crippen LogP contribution in [0.1, 0.15) is 25.8 Å². The van der Waals surface area contributed by atoms with Crippen LogP contribution < -0.4 is 10.5 Å². The van der Waals surface area contributed by atoms with Crippen molar-refractivity contribution in [3.05, 3.63) is 29.8 Å². The molecular formula is C12H15F2NO. The molecule has 1 unspecified atom stereocenters. The van der Waals surface area contributed by atoms with Crippen molar-refractivity contribution in [2.24, 2.45) is 11.1 Å². The lowest BCUT2D eigenvalue weighted by atomic mass is 9.97. The molecule has 2 nitrogen and oxygen atoms in total. The molecule has 4 heteroatoms. The van der Waals surface area contributed by atoms with Crippen LogP contribution in [0.15, 0.2) is 24.3 Å². The molecule has 0 heterocycles. The third kappa shape index (κ3) is 1.78. The van der Waals surface area contributed by atoms with E-state index in [2.05, 4.69) is 18.6 Å². The standard InChI is InChI=1S/C12H15F2NO/c1-11(2)7-12(11,15)8-3-5-9(6-4-8)16-10(13)14/h3-6,10H,7,15H2,1-2H3. The van der Waals surface area contributed by atoms with Crippen molar-refractivity contribution >= 4 is 0 Å². The van der Waals surface area contributed by atoms with Crippen LogP contribution in [-0.4, -0.2) is 6.61 Å². The molecule has 0 spiro atoms. The molecule has 1 aromatic rings. The third-order valence-electron chi connectivity index (χ3n) is 3.40. The minimum atomic E-state index is -2.78. The van der Waals surface area contributed by atoms with E-state index in [0.717, 1.165) is 12.0 Å². The van der Waals surface area contributed by atoms with E-state index in [1.807, 2.05) is 0 Å². The summed E-state index contributed by atoms with van der Waals surface area (Å²) in [7, 11) is 0. The highest BCUT2D eigenvalue weighted by Crippen LogP contribution is 2.60. The number of rotatable bonds is 3. The summed E-state index contributed by atoms with van der Waals surface area (Å²) in [6, 6.07) is 6.58. The number of alkyl halides is 2. The van der Waals surface area contributed by atoms with E-state index in [1.165, 1.54) is 12.1 Å². The van der Waals surface area contributed by atoms with Gasteiger partial charge in [0.1, 0.15) is 5.75 Å². The summed E-state index contributed by atoms with van der Waals surface area (Å²) >= 11 is 0. The molecule has 2 N–H and O–H groups in total. The minimum absolute atomic E-state index is 0.0814. The number of halogens is 2. The quantitative estimate of drug-likeness (QED) is 0.861. The molecule has 1 saturated carbocycles. The molecule has 1 aromatic carbocycles. The highest BCUT2D eigenvalue weighted by molar-refractivity contribution is 5.38. The van der Waals surface area contributed by atoms with Crippen LogP contribution in [0.25, 0.3) is 0 Å². The Morgan fingerprint density at radius 2 is 1.75 bits per heavy atom. The van der Waals surface area contributed by atoms with E-state index >= 15 is 0 Å². The first kappa shape index (κ1) is 11.3. The maximum Gasteiger partial charge on any atom is 0.387 e. The average molecular weight is 227 g/mol. The second kappa shape index (κ2) is 3.42. The second-order valence-electron chi connectivity index (χ2n) is 4.93. The highest BCUT2D eigenvalue weighted by Gasteiger charge is 2.59. The summed E-state index contributed by atoms with van der Waals surface area (Å²) in [6.07, 6.45) is 0.912. The fraction of sp³-hybridized carbons (Fsp3) is 0.500. The van der Waals surface area contributed by atoms with Crippen LogP contribution in [0.2, 0.25) is 0 Å². The number of hydrogen-bond donors (Lipinski definition) is 1. The van der Waals surface area contributed by atoms with Gasteiger partial charge in [-0.15, -0.1) is 0 Å². The van der Waals surface area contributed by atoms with Crippen molar-refractivity contribution in [3.63, 3.8) is 0 Å². The van der Waals surface area contributed by atoms with Gasteiger partial charge < -0.3 is 10.5 Å². The van der Waals surface area contributed by atoms with Crippen LogP contribution in [0.3, 0.4) is 0 Å². The van der Waals surface area contributed by atoms with Gasteiger partial charge in [0, 0.05) is 5.54 Å². The predicted octanol–water partition coefficient (Wildman–Crippen LogP) is 2.87. The summed E-state index contributed by atoms with van der Waals surface area (Å²) in [5, 5.41) is 0. The summed E-state index contributed by atoms with van der Waals surface area (Å²) < 4.78 is 28.2. The fourth-order valence-corrected chi connectivity index (χ4v) is 2.08. The van der Waals surface area contributed by atoms with Gasteiger partial charge >= 0.3 is 6.61 Å². The van der Waals surface area contributed by atoms with Gasteiger partial charge in [0.25, 0.3) is 0 Å². The maximum atomic E-state index is 11.9. The Hall–Kier alpha value is -1.16. The number of hydrogen-bond acceptors (Lipinski definition) is 2. The van der Waals surface area contributed by atoms with Gasteiger partial charge in [0.15, 0.2) is 0 Å². The first-order chi connectivity index (χ1) is 7.35. The lowest BCUT2D eigenvalue weighted by Gasteiger charge is -2.15. The predicted molar refractivity (Wildman–Crippen MR) is 57.3 cm³/mol. The van der Waals surface area contributed by atoms with E-state index in [9.17, 15) is 8.78 Å². The van der Waals surface area contributed by atoms with Crippen LogP contribution in [0.5, 0.6) is 5.75 Å². The normalized spacial score (nSPS) is 26.9. The largest absolute Gasteiger partial charge is 0.435 e. The fourth-order valence-electron chi connectivity index (χ4n) is 2.08. The Balaban J connectivity index is 2.15. The third-order valence-corrected chi connectivity index (χ3v) is 3.40. The average Bonchev–Trinajstić information content (AvgIpc) is 2.67. The maximum absolute atomic E-state index is 11.9. The molecule has 0 saturated heterocycles. The van der Waals surface area contributed by atoms with Crippen LogP contribution >= 0.6 is 0 Å². The van der Waals surface area contributed by atoms with Crippen LogP contribution in [0.4, 0.5) is 8.78 Å². The summed E-state index contributed by atoms with van der Waals surface area (Å²) in [5.41, 5.74) is 6.94. The Labute approximate surface area is 93.4 Å². The Morgan fingerprint density at radius 1 is 1.25 bits per heavy atom. The molecular weight excluding hydrogens is 212 g/mol. The molecule has 16 heavy (non-hydrogen) atoms. The number of nitrogens with two attached hydrogens (primary N) is 1. The van der Waals surface area contributed by atoms with E-state index in [4.69, 9.17) is 5.73 Å². The van der Waals surface area contributed by atoms with E-state index < -0.39 is 6.61 Å². The molecule has 2 rings (SSSR count). The monoisotopic (exact) mass is 227 g/mol. The molecule has 1 atom stereocenters. The Bertz CT molecular complexity index is 389. The van der Waals surface area contributed by atoms with Crippen molar-refractivity contribution in [2.45, 2.75) is 32.4 Å². The number of benzene rings is 1. The summed E-state index contributed by atoms with van der Waals surface area (Å²) in [6.45, 7) is 1.41. The molecule has 0 amide bonds. The van der Waals surface area contributed by atoms with Gasteiger partial charge in [-0.25, -0.2) is 0 Å². The van der Waals surface area contributed by atoms with E-state index in [1.54, 1.807) is 12.1 Å². The van der Waals surface area contributed by atoms with Gasteiger partial charge in [0.2, 0.25) is 0 Å². The molecule has 1 fully saturated rings. The molecule has 1 aliphatic carbocycles. The van der Waals surface area contributed by atoms with Gasteiger partial charge in [-0.2, -0.15) is 8.78 Å². The highest BCUT2D eigenvalue weighted by atomic mass is 19.3. The Kier molecular flexibility index (Phi) is 2.42. The molecule has 0 aromatic heterocycles. The second-order valence-corrected chi connectivity index (χ2v) is 4.93. The lowest BCUT2D eigenvalue weighted by molar-refractivity contribution is -0.0498. The van der Waals surface area contributed by atoms with Gasteiger partial charge in [-0.1, -0.05) is 26.0 Å². The topological polar surface area (TPSA) is 35.2 Å². The van der Waals surface area contributed by atoms with Crippen molar-refractivity contribution in [3.8, 4) is 5.75 Å². The van der Waals surface area contributed by atoms with Crippen molar-refractivity contribution in [1.82, 2.24) is 0 Å². The molecule has 0 aliphatic heterocycles. The van der Waals surface area contributed by atoms with E-state index in [0.29, 0.717) is 0 Å². The Morgan fingerprint density at radius 3 is 2.12 bits per heavy atom. The smallest absolute Gasteiger partial charge is 0.387 e. The lowest BCUT2D eigenvalue weighted by Crippen LogP contribution is -2.25. The molecule has 88 valence electrons. The van der Waals surface area contributed by atoms with Crippen molar-refractivity contribution in [1.29, 1.82) is 0 Å². The first-order valence-corrected chi connectivity index (χ1v) is 5.19. The van der Waals surface area contributed by atoms with E-state index in [-0.39, 0.29) is 16.7 Å². The van der Waals surface area contributed by atoms with Gasteiger partial charge in [-0.05, 0) is 29.5 Å². The number of ether oxygens (including phenoxy) is 1. The van der Waals surface area contributed by atoms with Crippen molar-refractivity contribution in [2.75, 3.05) is 0 Å². The summed E-state index contributed by atoms with van der Waals surface area (Å²) in [4.78, 5) is 0. The zero-order chi connectivity index (χ0) is 12.0. The molecule has 0 radical (unpaired) electrons. The van der Waals surface area contributed by atoms with Gasteiger partial charge in [-0.3, -0.25) is 0 Å². The van der Waals surface area contributed by atoms with Crippen LogP contribution in [-0.2, 0) is 5.54 Å².